The lowest BCUT2D eigenvalue weighted by molar-refractivity contribution is 0.114. The van der Waals surface area contributed by atoms with E-state index in [9.17, 15) is 0 Å². The van der Waals surface area contributed by atoms with Crippen molar-refractivity contribution in [1.82, 2.24) is 0 Å². The molecule has 0 aromatic heterocycles. The van der Waals surface area contributed by atoms with Crippen molar-refractivity contribution in [3.63, 3.8) is 0 Å². The number of hydrogen-bond donors (Lipinski definition) is 0. The lowest BCUT2D eigenvalue weighted by Gasteiger charge is -2.31. The van der Waals surface area contributed by atoms with Gasteiger partial charge in [-0.1, -0.05) is 128 Å². The van der Waals surface area contributed by atoms with Gasteiger partial charge >= 0.3 is 0 Å². The maximum atomic E-state index is 6.34. The van der Waals surface area contributed by atoms with Gasteiger partial charge in [-0.15, -0.1) is 0 Å². The third kappa shape index (κ3) is 5.13. The molecular weight excluding hydrogens is 376 g/mol. The number of rotatable bonds is 9. The lowest BCUT2D eigenvalue weighted by Crippen LogP contribution is -2.26. The maximum Gasteiger partial charge on any atom is 0.0575 e. The van der Waals surface area contributed by atoms with Gasteiger partial charge in [0.2, 0.25) is 0 Å². The van der Waals surface area contributed by atoms with Crippen LogP contribution >= 0.6 is 0 Å². The van der Waals surface area contributed by atoms with Gasteiger partial charge in [-0.3, -0.25) is 0 Å². The van der Waals surface area contributed by atoms with Gasteiger partial charge in [-0.25, -0.2) is 0 Å². The first-order valence-corrected chi connectivity index (χ1v) is 11.1. The van der Waals surface area contributed by atoms with Crippen molar-refractivity contribution in [2.45, 2.75) is 24.7 Å². The SMILES string of the molecule is CC(CCOCC(c1ccccc1)c1ccccc1)(c1ccccc1)c1ccccc1. The summed E-state index contributed by atoms with van der Waals surface area (Å²) in [4.78, 5) is 0. The van der Waals surface area contributed by atoms with Crippen LogP contribution in [0.1, 0.15) is 41.5 Å². The number of benzene rings is 4. The van der Waals surface area contributed by atoms with E-state index in [1.165, 1.54) is 22.3 Å². The molecule has 0 fully saturated rings. The highest BCUT2D eigenvalue weighted by molar-refractivity contribution is 5.38. The molecule has 1 nitrogen and oxygen atoms in total. The Balaban J connectivity index is 1.49. The van der Waals surface area contributed by atoms with Gasteiger partial charge in [0.25, 0.3) is 0 Å². The van der Waals surface area contributed by atoms with Crippen LogP contribution in [0.3, 0.4) is 0 Å². The van der Waals surface area contributed by atoms with Crippen molar-refractivity contribution in [2.24, 2.45) is 0 Å². The Morgan fingerprint density at radius 2 is 0.968 bits per heavy atom. The molecule has 4 aromatic rings. The Hall–Kier alpha value is -3.16. The van der Waals surface area contributed by atoms with Crippen LogP contribution in [-0.2, 0) is 10.2 Å². The minimum atomic E-state index is -0.0858. The summed E-state index contributed by atoms with van der Waals surface area (Å²) >= 11 is 0. The summed E-state index contributed by atoms with van der Waals surface area (Å²) in [5, 5.41) is 0. The molecule has 31 heavy (non-hydrogen) atoms. The monoisotopic (exact) mass is 406 g/mol. The normalized spacial score (nSPS) is 11.5. The van der Waals surface area contributed by atoms with Crippen LogP contribution < -0.4 is 0 Å². The number of ether oxygens (including phenoxy) is 1. The molecule has 1 heteroatoms. The zero-order chi connectivity index (χ0) is 21.4. The zero-order valence-corrected chi connectivity index (χ0v) is 18.2. The zero-order valence-electron chi connectivity index (χ0n) is 18.2. The standard InChI is InChI=1S/C30H30O/c1-30(27-18-10-4-11-19-27,28-20-12-5-13-21-28)22-23-31-24-29(25-14-6-2-7-15-25)26-16-8-3-9-17-26/h2-21,29H,22-24H2,1H3. The van der Waals surface area contributed by atoms with Crippen LogP contribution in [-0.4, -0.2) is 13.2 Å². The highest BCUT2D eigenvalue weighted by Crippen LogP contribution is 2.35. The Morgan fingerprint density at radius 3 is 1.39 bits per heavy atom. The van der Waals surface area contributed by atoms with Crippen molar-refractivity contribution in [1.29, 1.82) is 0 Å². The Morgan fingerprint density at radius 1 is 0.581 bits per heavy atom. The first-order valence-electron chi connectivity index (χ1n) is 11.1. The second-order valence-electron chi connectivity index (χ2n) is 8.26. The summed E-state index contributed by atoms with van der Waals surface area (Å²) in [5.74, 6) is 0.238. The average molecular weight is 407 g/mol. The quantitative estimate of drug-likeness (QED) is 0.266. The van der Waals surface area contributed by atoms with Crippen LogP contribution in [0.2, 0.25) is 0 Å². The largest absolute Gasteiger partial charge is 0.380 e. The van der Waals surface area contributed by atoms with E-state index in [1.807, 2.05) is 0 Å². The van der Waals surface area contributed by atoms with Crippen molar-refractivity contribution < 1.29 is 4.74 Å². The Bertz CT molecular complexity index is 948. The molecule has 0 heterocycles. The maximum absolute atomic E-state index is 6.34. The first kappa shape index (κ1) is 21.1. The third-order valence-corrected chi connectivity index (χ3v) is 6.26. The highest BCUT2D eigenvalue weighted by atomic mass is 16.5. The highest BCUT2D eigenvalue weighted by Gasteiger charge is 2.28. The van der Waals surface area contributed by atoms with Crippen molar-refractivity contribution in [2.75, 3.05) is 13.2 Å². The number of hydrogen-bond acceptors (Lipinski definition) is 1. The summed E-state index contributed by atoms with van der Waals surface area (Å²) in [6, 6.07) is 42.9. The van der Waals surface area contributed by atoms with E-state index in [4.69, 9.17) is 4.74 Å². The van der Waals surface area contributed by atoms with Gasteiger partial charge in [0.05, 0.1) is 6.61 Å². The topological polar surface area (TPSA) is 9.23 Å². The molecule has 0 radical (unpaired) electrons. The molecule has 0 N–H and O–H groups in total. The smallest absolute Gasteiger partial charge is 0.0575 e. The second-order valence-corrected chi connectivity index (χ2v) is 8.26. The van der Waals surface area contributed by atoms with Crippen LogP contribution in [0, 0.1) is 0 Å². The molecule has 0 saturated carbocycles. The van der Waals surface area contributed by atoms with E-state index in [0.717, 1.165) is 6.42 Å². The van der Waals surface area contributed by atoms with Crippen molar-refractivity contribution in [3.05, 3.63) is 144 Å². The predicted octanol–water partition coefficient (Wildman–Crippen LogP) is 7.23. The summed E-state index contributed by atoms with van der Waals surface area (Å²) in [5.41, 5.74) is 5.16. The Kier molecular flexibility index (Phi) is 6.96. The second kappa shape index (κ2) is 10.2. The molecule has 4 aromatic carbocycles. The van der Waals surface area contributed by atoms with Crippen LogP contribution in [0.15, 0.2) is 121 Å². The summed E-state index contributed by atoms with van der Waals surface area (Å²) in [6.45, 7) is 3.71. The van der Waals surface area contributed by atoms with Gasteiger partial charge in [0, 0.05) is 17.9 Å². The summed E-state index contributed by atoms with van der Waals surface area (Å²) < 4.78 is 6.34. The molecule has 0 aliphatic heterocycles. The van der Waals surface area contributed by atoms with Gasteiger partial charge in [0.1, 0.15) is 0 Å². The predicted molar refractivity (Wildman–Crippen MR) is 130 cm³/mol. The van der Waals surface area contributed by atoms with E-state index in [0.29, 0.717) is 13.2 Å². The molecule has 0 amide bonds. The molecule has 156 valence electrons. The third-order valence-electron chi connectivity index (χ3n) is 6.26. The molecule has 0 spiro atoms. The molecule has 4 rings (SSSR count). The first-order chi connectivity index (χ1) is 15.3. The minimum absolute atomic E-state index is 0.0858. The molecule has 0 bridgehead atoms. The minimum Gasteiger partial charge on any atom is -0.380 e. The van der Waals surface area contributed by atoms with E-state index in [-0.39, 0.29) is 11.3 Å². The van der Waals surface area contributed by atoms with Crippen LogP contribution in [0.5, 0.6) is 0 Å². The molecule has 0 atom stereocenters. The van der Waals surface area contributed by atoms with Crippen LogP contribution in [0.4, 0.5) is 0 Å². The fourth-order valence-corrected chi connectivity index (χ4v) is 4.30. The average Bonchev–Trinajstić information content (AvgIpc) is 2.86. The molecular formula is C30H30O. The van der Waals surface area contributed by atoms with E-state index >= 15 is 0 Å². The molecule has 0 saturated heterocycles. The van der Waals surface area contributed by atoms with Crippen molar-refractivity contribution >= 4 is 0 Å². The van der Waals surface area contributed by atoms with Crippen LogP contribution in [0.25, 0.3) is 0 Å². The van der Waals surface area contributed by atoms with Gasteiger partial charge in [-0.2, -0.15) is 0 Å². The van der Waals surface area contributed by atoms with Gasteiger partial charge < -0.3 is 4.74 Å². The molecule has 0 aliphatic carbocycles. The van der Waals surface area contributed by atoms with Gasteiger partial charge in [-0.05, 0) is 28.7 Å². The van der Waals surface area contributed by atoms with E-state index < -0.39 is 0 Å². The summed E-state index contributed by atoms with van der Waals surface area (Å²) in [6.07, 6.45) is 0.928. The van der Waals surface area contributed by atoms with E-state index in [1.54, 1.807) is 0 Å². The van der Waals surface area contributed by atoms with Crippen molar-refractivity contribution in [3.8, 4) is 0 Å². The fourth-order valence-electron chi connectivity index (χ4n) is 4.30. The Labute approximate surface area is 186 Å². The van der Waals surface area contributed by atoms with Gasteiger partial charge in [0.15, 0.2) is 0 Å². The summed E-state index contributed by atoms with van der Waals surface area (Å²) in [7, 11) is 0. The van der Waals surface area contributed by atoms with E-state index in [2.05, 4.69) is 128 Å². The molecule has 0 aliphatic rings. The molecule has 0 unspecified atom stereocenters. The lowest BCUT2D eigenvalue weighted by atomic mass is 9.74. The fraction of sp³-hybridized carbons (Fsp3) is 0.200.